The molecule has 0 aliphatic carbocycles. The zero-order valence-electron chi connectivity index (χ0n) is 9.79. The number of hydrogen-bond acceptors (Lipinski definition) is 3. The molecule has 2 aromatic rings. The van der Waals surface area contributed by atoms with Gasteiger partial charge < -0.3 is 5.32 Å². The Bertz CT molecular complexity index is 554. The standard InChI is InChI=1S/C12H15N3S/c1-4-5-6-13-7-11-10(3)14-12-15(11)8-9(2)16-12/h8,13H,6-7H2,1-3H3. The van der Waals surface area contributed by atoms with E-state index in [1.807, 2.05) is 6.92 Å². The summed E-state index contributed by atoms with van der Waals surface area (Å²) in [5.41, 5.74) is 2.33. The van der Waals surface area contributed by atoms with Gasteiger partial charge in [0.2, 0.25) is 0 Å². The zero-order chi connectivity index (χ0) is 11.5. The summed E-state index contributed by atoms with van der Waals surface area (Å²) >= 11 is 1.73. The summed E-state index contributed by atoms with van der Waals surface area (Å²) < 4.78 is 2.17. The molecule has 16 heavy (non-hydrogen) atoms. The fourth-order valence-electron chi connectivity index (χ4n) is 1.65. The fraction of sp³-hybridized carbons (Fsp3) is 0.417. The molecule has 0 fully saturated rings. The number of rotatable bonds is 3. The minimum Gasteiger partial charge on any atom is -0.301 e. The molecule has 84 valence electrons. The second kappa shape index (κ2) is 4.69. The number of nitrogens with one attached hydrogen (secondary N) is 1. The predicted molar refractivity (Wildman–Crippen MR) is 67.7 cm³/mol. The van der Waals surface area contributed by atoms with Crippen LogP contribution in [0.2, 0.25) is 0 Å². The average Bonchev–Trinajstić information content (AvgIpc) is 2.70. The Hall–Kier alpha value is -1.31. The van der Waals surface area contributed by atoms with Gasteiger partial charge in [0.25, 0.3) is 0 Å². The lowest BCUT2D eigenvalue weighted by molar-refractivity contribution is 0.738. The normalized spacial score (nSPS) is 10.4. The molecule has 3 nitrogen and oxygen atoms in total. The Kier molecular flexibility index (Phi) is 3.28. The lowest BCUT2D eigenvalue weighted by Gasteiger charge is -2.00. The van der Waals surface area contributed by atoms with Crippen LogP contribution < -0.4 is 5.32 Å². The van der Waals surface area contributed by atoms with Gasteiger partial charge in [0.05, 0.1) is 17.9 Å². The molecule has 0 radical (unpaired) electrons. The molecule has 0 amide bonds. The maximum Gasteiger partial charge on any atom is 0.194 e. The molecule has 0 unspecified atom stereocenters. The average molecular weight is 233 g/mol. The number of fused-ring (bicyclic) bond motifs is 1. The molecule has 0 aliphatic rings. The van der Waals surface area contributed by atoms with Gasteiger partial charge in [-0.15, -0.1) is 17.3 Å². The highest BCUT2D eigenvalue weighted by molar-refractivity contribution is 7.17. The predicted octanol–water partition coefficient (Wildman–Crippen LogP) is 2.13. The first-order valence-electron chi connectivity index (χ1n) is 5.26. The largest absolute Gasteiger partial charge is 0.301 e. The van der Waals surface area contributed by atoms with Crippen molar-refractivity contribution in [1.82, 2.24) is 14.7 Å². The Labute approximate surface area is 99.5 Å². The quantitative estimate of drug-likeness (QED) is 0.650. The lowest BCUT2D eigenvalue weighted by atomic mass is 10.3. The molecule has 2 heterocycles. The van der Waals surface area contributed by atoms with Gasteiger partial charge in [-0.25, -0.2) is 4.98 Å². The highest BCUT2D eigenvalue weighted by Crippen LogP contribution is 2.20. The van der Waals surface area contributed by atoms with E-state index >= 15 is 0 Å². The second-order valence-corrected chi connectivity index (χ2v) is 4.88. The first-order valence-corrected chi connectivity index (χ1v) is 6.08. The number of thiazole rings is 1. The zero-order valence-corrected chi connectivity index (χ0v) is 10.6. The van der Waals surface area contributed by atoms with Gasteiger partial charge in [-0.3, -0.25) is 4.40 Å². The third-order valence-electron chi connectivity index (χ3n) is 2.42. The van der Waals surface area contributed by atoms with Crippen LogP contribution in [-0.2, 0) is 6.54 Å². The molecular formula is C12H15N3S. The Morgan fingerprint density at radius 2 is 2.31 bits per heavy atom. The van der Waals surface area contributed by atoms with Crippen molar-refractivity contribution in [3.05, 3.63) is 22.5 Å². The Morgan fingerprint density at radius 3 is 3.06 bits per heavy atom. The first-order chi connectivity index (χ1) is 7.72. The summed E-state index contributed by atoms with van der Waals surface area (Å²) in [6.07, 6.45) is 2.14. The molecule has 0 saturated carbocycles. The van der Waals surface area contributed by atoms with Crippen molar-refractivity contribution in [3.8, 4) is 11.8 Å². The second-order valence-electron chi connectivity index (χ2n) is 3.67. The van der Waals surface area contributed by atoms with Crippen LogP contribution in [-0.4, -0.2) is 15.9 Å². The third-order valence-corrected chi connectivity index (χ3v) is 3.32. The van der Waals surface area contributed by atoms with Crippen molar-refractivity contribution < 1.29 is 0 Å². The van der Waals surface area contributed by atoms with Crippen molar-refractivity contribution in [1.29, 1.82) is 0 Å². The summed E-state index contributed by atoms with van der Waals surface area (Å²) in [6, 6.07) is 0. The minimum absolute atomic E-state index is 0.728. The van der Waals surface area contributed by atoms with E-state index in [1.54, 1.807) is 11.3 Å². The fourth-order valence-corrected chi connectivity index (χ4v) is 2.54. The summed E-state index contributed by atoms with van der Waals surface area (Å²) in [4.78, 5) is 6.90. The van der Waals surface area contributed by atoms with Gasteiger partial charge in [-0.1, -0.05) is 5.92 Å². The van der Waals surface area contributed by atoms with Gasteiger partial charge in [-0.2, -0.15) is 0 Å². The Morgan fingerprint density at radius 1 is 1.50 bits per heavy atom. The smallest absolute Gasteiger partial charge is 0.194 e. The van der Waals surface area contributed by atoms with Gasteiger partial charge in [0.15, 0.2) is 4.96 Å². The van der Waals surface area contributed by atoms with E-state index in [0.29, 0.717) is 0 Å². The monoisotopic (exact) mass is 233 g/mol. The van der Waals surface area contributed by atoms with Crippen LogP contribution in [0.15, 0.2) is 6.20 Å². The minimum atomic E-state index is 0.728. The molecule has 0 atom stereocenters. The van der Waals surface area contributed by atoms with Crippen LogP contribution in [0.25, 0.3) is 4.96 Å². The molecule has 1 N–H and O–H groups in total. The topological polar surface area (TPSA) is 29.3 Å². The number of aromatic nitrogens is 2. The summed E-state index contributed by atoms with van der Waals surface area (Å²) in [6.45, 7) is 7.56. The number of hydrogen-bond donors (Lipinski definition) is 1. The summed E-state index contributed by atoms with van der Waals surface area (Å²) in [5.74, 6) is 5.87. The van der Waals surface area contributed by atoms with Gasteiger partial charge >= 0.3 is 0 Å². The Balaban J connectivity index is 2.20. The van der Waals surface area contributed by atoms with Crippen molar-refractivity contribution in [2.75, 3.05) is 6.54 Å². The lowest BCUT2D eigenvalue weighted by Crippen LogP contribution is -2.15. The van der Waals surface area contributed by atoms with Gasteiger partial charge in [0.1, 0.15) is 0 Å². The van der Waals surface area contributed by atoms with E-state index < -0.39 is 0 Å². The van der Waals surface area contributed by atoms with Crippen molar-refractivity contribution in [2.45, 2.75) is 27.3 Å². The maximum absolute atomic E-state index is 4.54. The van der Waals surface area contributed by atoms with Crippen LogP contribution in [0.1, 0.15) is 23.2 Å². The molecule has 0 bridgehead atoms. The number of imidazole rings is 1. The molecular weight excluding hydrogens is 218 g/mol. The summed E-state index contributed by atoms with van der Waals surface area (Å²) in [5, 5.41) is 3.30. The van der Waals surface area contributed by atoms with E-state index in [2.05, 4.69) is 46.6 Å². The van der Waals surface area contributed by atoms with Crippen LogP contribution >= 0.6 is 11.3 Å². The molecule has 2 rings (SSSR count). The summed E-state index contributed by atoms with van der Waals surface area (Å²) in [7, 11) is 0. The highest BCUT2D eigenvalue weighted by Gasteiger charge is 2.09. The van der Waals surface area contributed by atoms with Crippen LogP contribution in [0.4, 0.5) is 0 Å². The first kappa shape index (κ1) is 11.2. The molecule has 0 spiro atoms. The van der Waals surface area contributed by atoms with Crippen LogP contribution in [0.3, 0.4) is 0 Å². The van der Waals surface area contributed by atoms with E-state index in [9.17, 15) is 0 Å². The molecule has 4 heteroatoms. The number of nitrogens with zero attached hydrogens (tertiary/aromatic N) is 2. The SMILES string of the molecule is CC#CCNCc1c(C)nc2sc(C)cn12. The van der Waals surface area contributed by atoms with Crippen LogP contribution in [0.5, 0.6) is 0 Å². The molecule has 0 aliphatic heterocycles. The third kappa shape index (κ3) is 2.11. The highest BCUT2D eigenvalue weighted by atomic mass is 32.1. The molecule has 2 aromatic heterocycles. The number of aryl methyl sites for hydroxylation is 2. The van der Waals surface area contributed by atoms with E-state index in [-0.39, 0.29) is 0 Å². The van der Waals surface area contributed by atoms with Gasteiger partial charge in [-0.05, 0) is 20.8 Å². The van der Waals surface area contributed by atoms with Crippen LogP contribution in [0, 0.1) is 25.7 Å². The van der Waals surface area contributed by atoms with E-state index in [0.717, 1.165) is 23.7 Å². The van der Waals surface area contributed by atoms with E-state index in [1.165, 1.54) is 10.6 Å². The van der Waals surface area contributed by atoms with Crippen molar-refractivity contribution in [3.63, 3.8) is 0 Å². The maximum atomic E-state index is 4.54. The molecule has 0 saturated heterocycles. The van der Waals surface area contributed by atoms with Crippen molar-refractivity contribution in [2.24, 2.45) is 0 Å². The van der Waals surface area contributed by atoms with Crippen molar-refractivity contribution >= 4 is 16.3 Å². The molecule has 0 aromatic carbocycles. The van der Waals surface area contributed by atoms with E-state index in [4.69, 9.17) is 0 Å². The van der Waals surface area contributed by atoms with Gasteiger partial charge in [0, 0.05) is 17.6 Å².